The Labute approximate surface area is 108 Å². The van der Waals surface area contributed by atoms with Crippen LogP contribution in [0.5, 0.6) is 0 Å². The number of hydrogen-bond acceptors (Lipinski definition) is 2. The molecular weight excluding hydrogens is 224 g/mol. The molecule has 1 heterocycles. The van der Waals surface area contributed by atoms with Gasteiger partial charge >= 0.3 is 0 Å². The van der Waals surface area contributed by atoms with E-state index < -0.39 is 0 Å². The molecule has 1 N–H and O–H groups in total. The SMILES string of the molecule is CC1CCCC(NC(=O)/C=C/c2ccccn2)C1. The zero-order valence-corrected chi connectivity index (χ0v) is 10.8. The Morgan fingerprint density at radius 2 is 2.33 bits per heavy atom. The summed E-state index contributed by atoms with van der Waals surface area (Å²) in [6.45, 7) is 2.25. The second kappa shape index (κ2) is 6.34. The standard InChI is InChI=1S/C15H20N2O/c1-12-5-4-7-14(11-12)17-15(18)9-8-13-6-2-3-10-16-13/h2-3,6,8-10,12,14H,4-5,7,11H2,1H3,(H,17,18)/b9-8+. The van der Waals surface area contributed by atoms with Crippen LogP contribution >= 0.6 is 0 Å². The molecule has 1 saturated carbocycles. The average molecular weight is 244 g/mol. The van der Waals surface area contributed by atoms with Gasteiger partial charge in [-0.05, 0) is 37.0 Å². The van der Waals surface area contributed by atoms with Gasteiger partial charge in [0.2, 0.25) is 5.91 Å². The van der Waals surface area contributed by atoms with Crippen molar-refractivity contribution in [2.24, 2.45) is 5.92 Å². The van der Waals surface area contributed by atoms with E-state index in [-0.39, 0.29) is 5.91 Å². The number of nitrogens with zero attached hydrogens (tertiary/aromatic N) is 1. The van der Waals surface area contributed by atoms with Crippen LogP contribution in [0.2, 0.25) is 0 Å². The third-order valence-electron chi connectivity index (χ3n) is 3.38. The van der Waals surface area contributed by atoms with Gasteiger partial charge in [-0.3, -0.25) is 9.78 Å². The van der Waals surface area contributed by atoms with Gasteiger partial charge in [-0.25, -0.2) is 0 Å². The summed E-state index contributed by atoms with van der Waals surface area (Å²) < 4.78 is 0. The first-order chi connectivity index (χ1) is 8.74. The Balaban J connectivity index is 1.83. The maximum atomic E-state index is 11.8. The van der Waals surface area contributed by atoms with Crippen LogP contribution < -0.4 is 5.32 Å². The topological polar surface area (TPSA) is 42.0 Å². The number of carbonyl (C=O) groups is 1. The zero-order valence-electron chi connectivity index (χ0n) is 10.8. The molecule has 18 heavy (non-hydrogen) atoms. The Morgan fingerprint density at radius 1 is 1.44 bits per heavy atom. The van der Waals surface area contributed by atoms with E-state index in [4.69, 9.17) is 0 Å². The van der Waals surface area contributed by atoms with E-state index in [2.05, 4.69) is 17.2 Å². The monoisotopic (exact) mass is 244 g/mol. The van der Waals surface area contributed by atoms with Gasteiger partial charge < -0.3 is 5.32 Å². The van der Waals surface area contributed by atoms with Crippen molar-refractivity contribution in [2.45, 2.75) is 38.6 Å². The molecule has 0 aliphatic heterocycles. The minimum absolute atomic E-state index is 0.0141. The quantitative estimate of drug-likeness (QED) is 0.831. The van der Waals surface area contributed by atoms with E-state index in [9.17, 15) is 4.79 Å². The van der Waals surface area contributed by atoms with E-state index in [1.54, 1.807) is 18.3 Å². The molecule has 1 aliphatic rings. The van der Waals surface area contributed by atoms with Gasteiger partial charge in [-0.1, -0.05) is 25.8 Å². The second-order valence-corrected chi connectivity index (χ2v) is 5.07. The number of carbonyl (C=O) groups excluding carboxylic acids is 1. The minimum Gasteiger partial charge on any atom is -0.350 e. The third kappa shape index (κ3) is 3.99. The molecule has 0 spiro atoms. The lowest BCUT2D eigenvalue weighted by molar-refractivity contribution is -0.117. The lowest BCUT2D eigenvalue weighted by atomic mass is 9.87. The van der Waals surface area contributed by atoms with Crippen LogP contribution in [0.1, 0.15) is 38.3 Å². The van der Waals surface area contributed by atoms with E-state index >= 15 is 0 Å². The highest BCUT2D eigenvalue weighted by atomic mass is 16.1. The molecule has 2 atom stereocenters. The van der Waals surface area contributed by atoms with Gasteiger partial charge in [0, 0.05) is 18.3 Å². The van der Waals surface area contributed by atoms with Crippen LogP contribution in [0.4, 0.5) is 0 Å². The molecule has 2 rings (SSSR count). The Kier molecular flexibility index (Phi) is 4.51. The van der Waals surface area contributed by atoms with Crippen molar-refractivity contribution in [3.8, 4) is 0 Å². The number of rotatable bonds is 3. The molecule has 0 aromatic carbocycles. The molecule has 1 aromatic heterocycles. The summed E-state index contributed by atoms with van der Waals surface area (Å²) in [7, 11) is 0. The lowest BCUT2D eigenvalue weighted by Gasteiger charge is -2.26. The van der Waals surface area contributed by atoms with E-state index in [0.717, 1.165) is 24.5 Å². The molecule has 1 fully saturated rings. The summed E-state index contributed by atoms with van der Waals surface area (Å²) in [4.78, 5) is 15.9. The van der Waals surface area contributed by atoms with Gasteiger partial charge in [0.1, 0.15) is 0 Å². The number of hydrogen-bond donors (Lipinski definition) is 1. The third-order valence-corrected chi connectivity index (χ3v) is 3.38. The van der Waals surface area contributed by atoms with Crippen LogP contribution in [-0.4, -0.2) is 16.9 Å². The molecule has 0 radical (unpaired) electrons. The Bertz CT molecular complexity index is 414. The lowest BCUT2D eigenvalue weighted by Crippen LogP contribution is -2.36. The number of nitrogens with one attached hydrogen (secondary N) is 1. The normalized spacial score (nSPS) is 24.1. The summed E-state index contributed by atoms with van der Waals surface area (Å²) in [5.74, 6) is 0.712. The average Bonchev–Trinajstić information content (AvgIpc) is 2.38. The Morgan fingerprint density at radius 3 is 3.06 bits per heavy atom. The summed E-state index contributed by atoms with van der Waals surface area (Å²) >= 11 is 0. The largest absolute Gasteiger partial charge is 0.350 e. The van der Waals surface area contributed by atoms with Crippen molar-refractivity contribution >= 4 is 12.0 Å². The number of pyridine rings is 1. The number of amides is 1. The summed E-state index contributed by atoms with van der Waals surface area (Å²) in [6.07, 6.45) is 9.76. The van der Waals surface area contributed by atoms with Crippen molar-refractivity contribution in [3.05, 3.63) is 36.2 Å². The van der Waals surface area contributed by atoms with Crippen LogP contribution in [-0.2, 0) is 4.79 Å². The van der Waals surface area contributed by atoms with E-state index in [1.165, 1.54) is 12.8 Å². The smallest absolute Gasteiger partial charge is 0.244 e. The predicted octanol–water partition coefficient (Wildman–Crippen LogP) is 2.79. The predicted molar refractivity (Wildman–Crippen MR) is 72.8 cm³/mol. The number of aromatic nitrogens is 1. The van der Waals surface area contributed by atoms with Gasteiger partial charge in [0.15, 0.2) is 0 Å². The molecule has 2 unspecified atom stereocenters. The first-order valence-electron chi connectivity index (χ1n) is 6.63. The fourth-order valence-corrected chi connectivity index (χ4v) is 2.45. The van der Waals surface area contributed by atoms with Crippen LogP contribution in [0.25, 0.3) is 6.08 Å². The molecule has 1 amide bonds. The maximum absolute atomic E-state index is 11.8. The first kappa shape index (κ1) is 12.8. The summed E-state index contributed by atoms with van der Waals surface area (Å²) in [5.41, 5.74) is 0.810. The molecule has 0 saturated heterocycles. The maximum Gasteiger partial charge on any atom is 0.244 e. The summed E-state index contributed by atoms with van der Waals surface area (Å²) in [5, 5.41) is 3.07. The van der Waals surface area contributed by atoms with Crippen molar-refractivity contribution in [3.63, 3.8) is 0 Å². The highest BCUT2D eigenvalue weighted by Crippen LogP contribution is 2.23. The fourth-order valence-electron chi connectivity index (χ4n) is 2.45. The van der Waals surface area contributed by atoms with Crippen molar-refractivity contribution in [1.82, 2.24) is 10.3 Å². The highest BCUT2D eigenvalue weighted by Gasteiger charge is 2.19. The van der Waals surface area contributed by atoms with Crippen LogP contribution in [0, 0.1) is 5.92 Å². The van der Waals surface area contributed by atoms with Gasteiger partial charge in [0.05, 0.1) is 5.69 Å². The van der Waals surface area contributed by atoms with Gasteiger partial charge in [-0.2, -0.15) is 0 Å². The fraction of sp³-hybridized carbons (Fsp3) is 0.467. The Hall–Kier alpha value is -1.64. The molecule has 3 nitrogen and oxygen atoms in total. The van der Waals surface area contributed by atoms with Gasteiger partial charge in [0.25, 0.3) is 0 Å². The molecule has 96 valence electrons. The molecule has 1 aliphatic carbocycles. The van der Waals surface area contributed by atoms with Crippen molar-refractivity contribution < 1.29 is 4.79 Å². The van der Waals surface area contributed by atoms with Crippen LogP contribution in [0.15, 0.2) is 30.5 Å². The summed E-state index contributed by atoms with van der Waals surface area (Å²) in [6, 6.07) is 6.00. The first-order valence-corrected chi connectivity index (χ1v) is 6.63. The zero-order chi connectivity index (χ0) is 12.8. The molecule has 1 aromatic rings. The van der Waals surface area contributed by atoms with E-state index in [1.807, 2.05) is 18.2 Å². The van der Waals surface area contributed by atoms with Crippen molar-refractivity contribution in [1.29, 1.82) is 0 Å². The molecule has 3 heteroatoms. The van der Waals surface area contributed by atoms with Gasteiger partial charge in [-0.15, -0.1) is 0 Å². The van der Waals surface area contributed by atoms with E-state index in [0.29, 0.717) is 6.04 Å². The molecule has 0 bridgehead atoms. The minimum atomic E-state index is -0.0141. The second-order valence-electron chi connectivity index (χ2n) is 5.07. The molecular formula is C15H20N2O. The van der Waals surface area contributed by atoms with Crippen LogP contribution in [0.3, 0.4) is 0 Å². The van der Waals surface area contributed by atoms with Crippen molar-refractivity contribution in [2.75, 3.05) is 0 Å². The highest BCUT2D eigenvalue weighted by molar-refractivity contribution is 5.91.